The fourth-order valence-electron chi connectivity index (χ4n) is 4.15. The third-order valence-electron chi connectivity index (χ3n) is 6.15. The molecule has 5 aromatic rings. The van der Waals surface area contributed by atoms with E-state index in [1.165, 1.54) is 25.1 Å². The largest absolute Gasteiger partial charge is 0.493 e. The van der Waals surface area contributed by atoms with E-state index in [0.29, 0.717) is 34.0 Å². The monoisotopic (exact) mass is 499 g/mol. The molecular weight excluding hydrogens is 474 g/mol. The van der Waals surface area contributed by atoms with Crippen molar-refractivity contribution in [2.45, 2.75) is 20.8 Å². The number of aromatic amines is 1. The third kappa shape index (κ3) is 4.10. The normalized spacial score (nSPS) is 11.1. The van der Waals surface area contributed by atoms with Gasteiger partial charge in [0.05, 0.1) is 37.4 Å². The fraction of sp³-hybridized carbons (Fsp3) is 0.192. The zero-order chi connectivity index (χ0) is 26.3. The first-order chi connectivity index (χ1) is 17.8. The van der Waals surface area contributed by atoms with Crippen molar-refractivity contribution in [2.24, 2.45) is 0 Å². The lowest BCUT2D eigenvalue weighted by molar-refractivity contribution is 0.102. The SMILES string of the molecule is COc1cccc(C(=O)Nc2cc(C)nn2-c2nc3c(cnn3-c3cccc(C)c3C)c(=O)[nH]2)c1OC. The Kier molecular flexibility index (Phi) is 5.96. The molecule has 0 aliphatic heterocycles. The fourth-order valence-corrected chi connectivity index (χ4v) is 4.15. The summed E-state index contributed by atoms with van der Waals surface area (Å²) >= 11 is 0. The van der Waals surface area contributed by atoms with Crippen LogP contribution in [0.3, 0.4) is 0 Å². The van der Waals surface area contributed by atoms with Crippen LogP contribution in [-0.4, -0.2) is 49.7 Å². The first-order valence-corrected chi connectivity index (χ1v) is 11.5. The molecule has 3 heterocycles. The highest BCUT2D eigenvalue weighted by atomic mass is 16.5. The number of benzene rings is 2. The second-order valence-electron chi connectivity index (χ2n) is 8.48. The van der Waals surface area contributed by atoms with Crippen LogP contribution in [-0.2, 0) is 0 Å². The maximum absolute atomic E-state index is 13.2. The Bertz CT molecular complexity index is 1710. The van der Waals surface area contributed by atoms with E-state index in [2.05, 4.69) is 25.5 Å². The van der Waals surface area contributed by atoms with Gasteiger partial charge < -0.3 is 14.8 Å². The summed E-state index contributed by atoms with van der Waals surface area (Å²) in [6.45, 7) is 5.77. The Morgan fingerprint density at radius 3 is 2.57 bits per heavy atom. The number of rotatable bonds is 6. The minimum absolute atomic E-state index is 0.130. The Morgan fingerprint density at radius 2 is 1.81 bits per heavy atom. The minimum atomic E-state index is -0.444. The van der Waals surface area contributed by atoms with Crippen LogP contribution in [0.2, 0.25) is 0 Å². The maximum Gasteiger partial charge on any atom is 0.263 e. The molecule has 1 amide bonds. The summed E-state index contributed by atoms with van der Waals surface area (Å²) in [5.41, 5.74) is 3.80. The standard InChI is InChI=1S/C26H25N7O4/c1-14-8-6-10-19(16(14)3)32-23-18(13-27-32)25(35)30-26(29-23)33-21(12-15(2)31-33)28-24(34)17-9-7-11-20(36-4)22(17)37-5/h6-13H,1-5H3,(H,28,34)(H,29,30,35). The summed E-state index contributed by atoms with van der Waals surface area (Å²) in [6, 6.07) is 12.6. The molecule has 37 heavy (non-hydrogen) atoms. The number of aromatic nitrogens is 6. The van der Waals surface area contributed by atoms with E-state index < -0.39 is 5.91 Å². The number of para-hydroxylation sites is 1. The molecule has 0 aliphatic rings. The Labute approximate surface area is 211 Å². The van der Waals surface area contributed by atoms with Gasteiger partial charge in [0, 0.05) is 6.07 Å². The Hall–Kier alpha value is -4.93. The van der Waals surface area contributed by atoms with Gasteiger partial charge in [-0.05, 0) is 50.1 Å². The molecule has 188 valence electrons. The number of aryl methyl sites for hydroxylation is 2. The highest BCUT2D eigenvalue weighted by Gasteiger charge is 2.21. The van der Waals surface area contributed by atoms with Crippen LogP contribution in [0.1, 0.15) is 27.2 Å². The second kappa shape index (κ2) is 9.26. The number of carbonyl (C=O) groups excluding carboxylic acids is 1. The van der Waals surface area contributed by atoms with Crippen LogP contribution >= 0.6 is 0 Å². The molecule has 0 fully saturated rings. The zero-order valence-corrected chi connectivity index (χ0v) is 21.0. The number of nitrogens with one attached hydrogen (secondary N) is 2. The lowest BCUT2D eigenvalue weighted by Crippen LogP contribution is -2.19. The van der Waals surface area contributed by atoms with Crippen molar-refractivity contribution in [1.82, 2.24) is 29.5 Å². The molecule has 0 bridgehead atoms. The lowest BCUT2D eigenvalue weighted by atomic mass is 10.1. The molecule has 0 radical (unpaired) electrons. The van der Waals surface area contributed by atoms with Crippen molar-refractivity contribution in [2.75, 3.05) is 19.5 Å². The molecule has 2 aromatic carbocycles. The van der Waals surface area contributed by atoms with Crippen molar-refractivity contribution < 1.29 is 14.3 Å². The summed E-state index contributed by atoms with van der Waals surface area (Å²) < 4.78 is 13.7. The molecule has 11 nitrogen and oxygen atoms in total. The van der Waals surface area contributed by atoms with Gasteiger partial charge in [-0.25, -0.2) is 4.68 Å². The van der Waals surface area contributed by atoms with Gasteiger partial charge in [-0.3, -0.25) is 14.6 Å². The predicted octanol–water partition coefficient (Wildman–Crippen LogP) is 3.49. The van der Waals surface area contributed by atoms with Crippen molar-refractivity contribution >= 4 is 22.8 Å². The molecule has 0 saturated carbocycles. The summed E-state index contributed by atoms with van der Waals surface area (Å²) in [6.07, 6.45) is 1.48. The third-order valence-corrected chi connectivity index (χ3v) is 6.15. The number of amides is 1. The van der Waals surface area contributed by atoms with Crippen LogP contribution in [0.4, 0.5) is 5.82 Å². The van der Waals surface area contributed by atoms with Crippen molar-refractivity contribution in [3.8, 4) is 23.1 Å². The van der Waals surface area contributed by atoms with E-state index in [4.69, 9.17) is 9.47 Å². The van der Waals surface area contributed by atoms with Gasteiger partial charge in [0.25, 0.3) is 11.5 Å². The number of methoxy groups -OCH3 is 2. The van der Waals surface area contributed by atoms with Gasteiger partial charge in [-0.1, -0.05) is 18.2 Å². The lowest BCUT2D eigenvalue weighted by Gasteiger charge is -2.13. The van der Waals surface area contributed by atoms with Crippen LogP contribution in [0, 0.1) is 20.8 Å². The number of fused-ring (bicyclic) bond motifs is 1. The topological polar surface area (TPSA) is 129 Å². The summed E-state index contributed by atoms with van der Waals surface area (Å²) in [5, 5.41) is 12.0. The number of carbonyl (C=O) groups is 1. The zero-order valence-electron chi connectivity index (χ0n) is 21.0. The van der Waals surface area contributed by atoms with Crippen molar-refractivity contribution in [1.29, 1.82) is 0 Å². The van der Waals surface area contributed by atoms with Crippen LogP contribution in [0.15, 0.2) is 53.5 Å². The van der Waals surface area contributed by atoms with E-state index in [1.807, 2.05) is 32.0 Å². The number of H-pyrrole nitrogens is 1. The smallest absolute Gasteiger partial charge is 0.263 e. The van der Waals surface area contributed by atoms with Gasteiger partial charge in [0.2, 0.25) is 5.95 Å². The molecule has 0 aliphatic carbocycles. The molecule has 5 rings (SSSR count). The summed E-state index contributed by atoms with van der Waals surface area (Å²) in [7, 11) is 2.96. The van der Waals surface area contributed by atoms with Crippen LogP contribution in [0.5, 0.6) is 11.5 Å². The van der Waals surface area contributed by atoms with Crippen molar-refractivity contribution in [3.05, 3.63) is 81.4 Å². The van der Waals surface area contributed by atoms with Gasteiger partial charge in [0.1, 0.15) is 11.2 Å². The minimum Gasteiger partial charge on any atom is -0.493 e. The first kappa shape index (κ1) is 23.8. The summed E-state index contributed by atoms with van der Waals surface area (Å²) in [4.78, 5) is 33.6. The van der Waals surface area contributed by atoms with Crippen molar-refractivity contribution in [3.63, 3.8) is 0 Å². The molecule has 11 heteroatoms. The average Bonchev–Trinajstić information content (AvgIpc) is 3.48. The molecule has 0 atom stereocenters. The van der Waals surface area contributed by atoms with Gasteiger partial charge in [-0.15, -0.1) is 0 Å². The van der Waals surface area contributed by atoms with Gasteiger partial charge in [0.15, 0.2) is 17.1 Å². The second-order valence-corrected chi connectivity index (χ2v) is 8.48. The molecular formula is C26H25N7O4. The van der Waals surface area contributed by atoms with E-state index in [1.54, 1.807) is 35.9 Å². The van der Waals surface area contributed by atoms with E-state index in [0.717, 1.165) is 16.8 Å². The first-order valence-electron chi connectivity index (χ1n) is 11.5. The highest BCUT2D eigenvalue weighted by molar-refractivity contribution is 6.06. The maximum atomic E-state index is 13.2. The number of ether oxygens (including phenoxy) is 2. The average molecular weight is 500 g/mol. The number of anilines is 1. The highest BCUT2D eigenvalue weighted by Crippen LogP contribution is 2.31. The molecule has 3 aromatic heterocycles. The van der Waals surface area contributed by atoms with Crippen LogP contribution < -0.4 is 20.3 Å². The van der Waals surface area contributed by atoms with E-state index in [9.17, 15) is 9.59 Å². The quantitative estimate of drug-likeness (QED) is 0.366. The van der Waals surface area contributed by atoms with E-state index >= 15 is 0 Å². The number of hydrogen-bond acceptors (Lipinski definition) is 7. The molecule has 2 N–H and O–H groups in total. The Balaban J connectivity index is 1.60. The van der Waals surface area contributed by atoms with E-state index in [-0.39, 0.29) is 17.1 Å². The molecule has 0 saturated heterocycles. The summed E-state index contributed by atoms with van der Waals surface area (Å²) in [5.74, 6) is 0.727. The molecule has 0 spiro atoms. The number of hydrogen-bond donors (Lipinski definition) is 2. The number of nitrogens with zero attached hydrogens (tertiary/aromatic N) is 5. The Morgan fingerprint density at radius 1 is 1.03 bits per heavy atom. The van der Waals surface area contributed by atoms with Gasteiger partial charge >= 0.3 is 0 Å². The predicted molar refractivity (Wildman–Crippen MR) is 138 cm³/mol. The molecule has 0 unspecified atom stereocenters. The van der Waals surface area contributed by atoms with Gasteiger partial charge in [-0.2, -0.15) is 19.9 Å². The van der Waals surface area contributed by atoms with Crippen LogP contribution in [0.25, 0.3) is 22.7 Å².